The molecular weight excluding hydrogens is 451 g/mol. The summed E-state index contributed by atoms with van der Waals surface area (Å²) in [6.45, 7) is 3.19. The van der Waals surface area contributed by atoms with Crippen molar-refractivity contribution in [3.63, 3.8) is 0 Å². The maximum absolute atomic E-state index is 13.6. The Morgan fingerprint density at radius 2 is 1.77 bits per heavy atom. The molecule has 0 bridgehead atoms. The number of nitrogens with one attached hydrogen (secondary N) is 2. The molecule has 0 radical (unpaired) electrons. The Bertz CT molecular complexity index is 726. The predicted octanol–water partition coefficient (Wildman–Crippen LogP) is 3.37. The van der Waals surface area contributed by atoms with Crippen molar-refractivity contribution in [3.05, 3.63) is 70.8 Å². The van der Waals surface area contributed by atoms with E-state index in [2.05, 4.69) is 15.6 Å². The summed E-state index contributed by atoms with van der Waals surface area (Å²) in [7, 11) is 0. The molecule has 0 unspecified atom stereocenters. The zero-order valence-electron chi connectivity index (χ0n) is 14.6. The van der Waals surface area contributed by atoms with E-state index < -0.39 is 5.82 Å². The van der Waals surface area contributed by atoms with Crippen molar-refractivity contribution < 1.29 is 13.9 Å². The van der Waals surface area contributed by atoms with Crippen molar-refractivity contribution in [2.24, 2.45) is 4.99 Å². The molecule has 0 fully saturated rings. The van der Waals surface area contributed by atoms with Crippen molar-refractivity contribution in [2.75, 3.05) is 13.1 Å². The Balaban J connectivity index is 0.00000338. The Morgan fingerprint density at radius 1 is 1.04 bits per heavy atom. The van der Waals surface area contributed by atoms with E-state index >= 15 is 0 Å². The van der Waals surface area contributed by atoms with Crippen LogP contribution in [0.1, 0.15) is 23.6 Å². The Morgan fingerprint density at radius 3 is 2.46 bits per heavy atom. The maximum atomic E-state index is 13.6. The quantitative estimate of drug-likeness (QED) is 0.327. The average molecular weight is 475 g/mol. The van der Waals surface area contributed by atoms with Gasteiger partial charge in [0.2, 0.25) is 0 Å². The molecule has 0 saturated heterocycles. The number of nitrogens with zero attached hydrogens (tertiary/aromatic N) is 1. The van der Waals surface area contributed by atoms with Gasteiger partial charge in [0.15, 0.2) is 5.96 Å². The first-order valence-electron chi connectivity index (χ1n) is 8.27. The molecule has 0 amide bonds. The second-order valence-corrected chi connectivity index (χ2v) is 5.55. The zero-order valence-corrected chi connectivity index (χ0v) is 17.0. The second kappa shape index (κ2) is 11.8. The Kier molecular flexibility index (Phi) is 10.1. The minimum atomic E-state index is -0.426. The van der Waals surface area contributed by atoms with Gasteiger partial charge in [0.1, 0.15) is 11.6 Å². The van der Waals surface area contributed by atoms with Gasteiger partial charge in [0.05, 0.1) is 13.2 Å². The van der Waals surface area contributed by atoms with Crippen LogP contribution in [0.2, 0.25) is 0 Å². The molecule has 3 N–H and O–H groups in total. The van der Waals surface area contributed by atoms with Gasteiger partial charge in [-0.15, -0.1) is 24.0 Å². The largest absolute Gasteiger partial charge is 0.392 e. The summed E-state index contributed by atoms with van der Waals surface area (Å²) in [5.74, 6) is -0.0343. The minimum absolute atomic E-state index is 0. The molecule has 2 rings (SSSR count). The summed E-state index contributed by atoms with van der Waals surface area (Å²) < 4.78 is 27.0. The van der Waals surface area contributed by atoms with Gasteiger partial charge in [0.25, 0.3) is 0 Å². The highest BCUT2D eigenvalue weighted by atomic mass is 127. The number of aliphatic imine (C=N–C) groups is 1. The molecule has 142 valence electrons. The van der Waals surface area contributed by atoms with E-state index in [1.54, 1.807) is 24.3 Å². The molecule has 0 aliphatic heterocycles. The van der Waals surface area contributed by atoms with Crippen LogP contribution in [-0.2, 0) is 19.6 Å². The molecule has 0 spiro atoms. The molecule has 0 saturated carbocycles. The molecule has 0 atom stereocenters. The van der Waals surface area contributed by atoms with Crippen LogP contribution in [0.5, 0.6) is 0 Å². The van der Waals surface area contributed by atoms with E-state index in [0.29, 0.717) is 37.6 Å². The standard InChI is InChI=1S/C19H23F2N3O.HI/c1-2-22-19(23-10-9-15-5-3-4-6-17(15)20)24-12-14-7-8-18(21)16(11-14)13-25;/h3-8,11,25H,2,9-10,12-13H2,1H3,(H2,22,23,24);1H. The van der Waals surface area contributed by atoms with E-state index in [1.807, 2.05) is 13.0 Å². The lowest BCUT2D eigenvalue weighted by molar-refractivity contribution is 0.275. The van der Waals surface area contributed by atoms with Crippen LogP contribution >= 0.6 is 24.0 Å². The van der Waals surface area contributed by atoms with Crippen molar-refractivity contribution in [3.8, 4) is 0 Å². The monoisotopic (exact) mass is 475 g/mol. The summed E-state index contributed by atoms with van der Waals surface area (Å²) in [5, 5.41) is 15.4. The molecule has 0 aromatic heterocycles. The summed E-state index contributed by atoms with van der Waals surface area (Å²) in [5.41, 5.74) is 1.71. The van der Waals surface area contributed by atoms with Crippen molar-refractivity contribution in [1.82, 2.24) is 10.6 Å². The zero-order chi connectivity index (χ0) is 18.1. The van der Waals surface area contributed by atoms with E-state index in [9.17, 15) is 8.78 Å². The van der Waals surface area contributed by atoms with Crippen LogP contribution in [0, 0.1) is 11.6 Å². The third-order valence-corrected chi connectivity index (χ3v) is 3.69. The number of benzene rings is 2. The van der Waals surface area contributed by atoms with Crippen LogP contribution in [0.25, 0.3) is 0 Å². The van der Waals surface area contributed by atoms with Gasteiger partial charge in [-0.3, -0.25) is 0 Å². The first-order valence-corrected chi connectivity index (χ1v) is 8.27. The van der Waals surface area contributed by atoms with Gasteiger partial charge in [0, 0.05) is 18.7 Å². The molecule has 2 aromatic carbocycles. The van der Waals surface area contributed by atoms with Crippen LogP contribution in [-0.4, -0.2) is 24.2 Å². The first kappa shape index (κ1) is 22.3. The molecule has 26 heavy (non-hydrogen) atoms. The Hall–Kier alpha value is -1.74. The van der Waals surface area contributed by atoms with Crippen LogP contribution in [0.3, 0.4) is 0 Å². The third kappa shape index (κ3) is 6.87. The smallest absolute Gasteiger partial charge is 0.191 e. The second-order valence-electron chi connectivity index (χ2n) is 5.55. The fraction of sp³-hybridized carbons (Fsp3) is 0.316. The Labute approximate surface area is 169 Å². The van der Waals surface area contributed by atoms with Crippen LogP contribution < -0.4 is 10.6 Å². The van der Waals surface area contributed by atoms with Gasteiger partial charge < -0.3 is 15.7 Å². The summed E-state index contributed by atoms with van der Waals surface area (Å²) in [6, 6.07) is 11.3. The van der Waals surface area contributed by atoms with Crippen LogP contribution in [0.4, 0.5) is 8.78 Å². The SMILES string of the molecule is CCNC(=NCc1ccc(F)c(CO)c1)NCCc1ccccc1F.I. The van der Waals surface area contributed by atoms with Gasteiger partial charge in [-0.05, 0) is 42.7 Å². The molecule has 0 heterocycles. The third-order valence-electron chi connectivity index (χ3n) is 3.69. The normalized spacial score (nSPS) is 11.0. The highest BCUT2D eigenvalue weighted by Crippen LogP contribution is 2.11. The van der Waals surface area contributed by atoms with Crippen molar-refractivity contribution >= 4 is 29.9 Å². The van der Waals surface area contributed by atoms with E-state index in [0.717, 1.165) is 5.56 Å². The van der Waals surface area contributed by atoms with Gasteiger partial charge in [-0.25, -0.2) is 13.8 Å². The van der Waals surface area contributed by atoms with Crippen LogP contribution in [0.15, 0.2) is 47.5 Å². The van der Waals surface area contributed by atoms with Gasteiger partial charge >= 0.3 is 0 Å². The van der Waals surface area contributed by atoms with E-state index in [4.69, 9.17) is 5.11 Å². The summed E-state index contributed by atoms with van der Waals surface area (Å²) in [4.78, 5) is 4.44. The number of hydrogen-bond donors (Lipinski definition) is 3. The number of aliphatic hydroxyl groups is 1. The number of rotatable bonds is 7. The fourth-order valence-electron chi connectivity index (χ4n) is 2.38. The fourth-order valence-corrected chi connectivity index (χ4v) is 2.38. The number of guanidine groups is 1. The number of hydrogen-bond acceptors (Lipinski definition) is 2. The minimum Gasteiger partial charge on any atom is -0.392 e. The van der Waals surface area contributed by atoms with Gasteiger partial charge in [-0.1, -0.05) is 24.3 Å². The van der Waals surface area contributed by atoms with Crippen molar-refractivity contribution in [2.45, 2.75) is 26.5 Å². The lowest BCUT2D eigenvalue weighted by Gasteiger charge is -2.12. The lowest BCUT2D eigenvalue weighted by atomic mass is 10.1. The molecule has 0 aliphatic carbocycles. The highest BCUT2D eigenvalue weighted by molar-refractivity contribution is 14.0. The summed E-state index contributed by atoms with van der Waals surface area (Å²) in [6.07, 6.45) is 0.544. The topological polar surface area (TPSA) is 56.7 Å². The maximum Gasteiger partial charge on any atom is 0.191 e. The van der Waals surface area contributed by atoms with Gasteiger partial charge in [-0.2, -0.15) is 0 Å². The lowest BCUT2D eigenvalue weighted by Crippen LogP contribution is -2.38. The number of aliphatic hydroxyl groups excluding tert-OH is 1. The first-order chi connectivity index (χ1) is 12.1. The highest BCUT2D eigenvalue weighted by Gasteiger charge is 2.04. The van der Waals surface area contributed by atoms with Crippen molar-refractivity contribution in [1.29, 1.82) is 0 Å². The molecule has 7 heteroatoms. The molecule has 2 aromatic rings. The summed E-state index contributed by atoms with van der Waals surface area (Å²) >= 11 is 0. The predicted molar refractivity (Wildman–Crippen MR) is 111 cm³/mol. The van der Waals surface area contributed by atoms with E-state index in [1.165, 1.54) is 12.1 Å². The molecule has 4 nitrogen and oxygen atoms in total. The number of halogens is 3. The molecular formula is C19H24F2IN3O. The van der Waals surface area contributed by atoms with E-state index in [-0.39, 0.29) is 42.0 Å². The molecule has 0 aliphatic rings. The average Bonchev–Trinajstić information content (AvgIpc) is 2.62.